The number of rotatable bonds is 3. The average Bonchev–Trinajstić information content (AvgIpc) is 3.35. The Bertz CT molecular complexity index is 1070. The van der Waals surface area contributed by atoms with Crippen molar-refractivity contribution >= 4 is 38.9 Å². The van der Waals surface area contributed by atoms with Crippen molar-refractivity contribution in [2.45, 2.75) is 18.5 Å². The van der Waals surface area contributed by atoms with Crippen molar-refractivity contribution in [2.75, 3.05) is 11.5 Å². The standard InChI is InChI=1S/C19H16ClNO6S/c20-12-5-3-11(4-6-12)17(22)15-16(14-2-1-8-27-14)21(19(24)18(15)23)13-7-9-28(25,26)10-13/h1-6,8,13,16,22H,7,9-10H2/b17-15-. The van der Waals surface area contributed by atoms with Crippen LogP contribution in [0.1, 0.15) is 23.8 Å². The second kappa shape index (κ2) is 6.79. The van der Waals surface area contributed by atoms with Crippen molar-refractivity contribution < 1.29 is 27.5 Å². The molecule has 2 aromatic rings. The molecule has 4 rings (SSSR count). The van der Waals surface area contributed by atoms with Crippen LogP contribution in [0.3, 0.4) is 0 Å². The van der Waals surface area contributed by atoms with Gasteiger partial charge < -0.3 is 14.4 Å². The van der Waals surface area contributed by atoms with Gasteiger partial charge in [-0.25, -0.2) is 8.42 Å². The topological polar surface area (TPSA) is 105 Å². The van der Waals surface area contributed by atoms with E-state index in [1.165, 1.54) is 23.3 Å². The van der Waals surface area contributed by atoms with Crippen molar-refractivity contribution in [1.82, 2.24) is 4.90 Å². The number of carbonyl (C=O) groups is 2. The Morgan fingerprint density at radius 2 is 1.89 bits per heavy atom. The third-order valence-electron chi connectivity index (χ3n) is 5.01. The fraction of sp³-hybridized carbons (Fsp3) is 0.263. The van der Waals surface area contributed by atoms with Crippen LogP contribution in [0, 0.1) is 0 Å². The summed E-state index contributed by atoms with van der Waals surface area (Å²) in [5.74, 6) is -2.09. The summed E-state index contributed by atoms with van der Waals surface area (Å²) in [7, 11) is -3.29. The molecule has 2 fully saturated rings. The van der Waals surface area contributed by atoms with Crippen molar-refractivity contribution in [3.63, 3.8) is 0 Å². The Labute approximate surface area is 166 Å². The van der Waals surface area contributed by atoms with Crippen LogP contribution in [-0.4, -0.2) is 47.7 Å². The first-order valence-electron chi connectivity index (χ1n) is 8.58. The molecule has 7 nitrogen and oxygen atoms in total. The highest BCUT2D eigenvalue weighted by atomic mass is 35.5. The van der Waals surface area contributed by atoms with Gasteiger partial charge in [0.05, 0.1) is 23.3 Å². The number of furan rings is 1. The van der Waals surface area contributed by atoms with E-state index in [0.29, 0.717) is 10.6 Å². The second-order valence-corrected chi connectivity index (χ2v) is 9.45. The minimum Gasteiger partial charge on any atom is -0.507 e. The zero-order valence-electron chi connectivity index (χ0n) is 14.5. The summed E-state index contributed by atoms with van der Waals surface area (Å²) in [5.41, 5.74) is 0.185. The molecule has 1 amide bonds. The molecule has 0 bridgehead atoms. The number of carbonyl (C=O) groups excluding carboxylic acids is 2. The highest BCUT2D eigenvalue weighted by Gasteiger charge is 2.52. The van der Waals surface area contributed by atoms with Gasteiger partial charge in [0.15, 0.2) is 9.84 Å². The predicted octanol–water partition coefficient (Wildman–Crippen LogP) is 2.54. The first-order chi connectivity index (χ1) is 13.3. The minimum atomic E-state index is -3.29. The SMILES string of the molecule is O=C1C(=O)N(C2CCS(=O)(=O)C2)C(c2ccco2)/C1=C(/O)c1ccc(Cl)cc1. The maximum absolute atomic E-state index is 12.8. The van der Waals surface area contributed by atoms with E-state index in [1.54, 1.807) is 24.3 Å². The van der Waals surface area contributed by atoms with E-state index < -0.39 is 33.6 Å². The maximum Gasteiger partial charge on any atom is 0.296 e. The summed E-state index contributed by atoms with van der Waals surface area (Å²) in [6.45, 7) is 0. The zero-order chi connectivity index (χ0) is 20.1. The van der Waals surface area contributed by atoms with Crippen LogP contribution in [0.25, 0.3) is 5.76 Å². The highest BCUT2D eigenvalue weighted by Crippen LogP contribution is 2.42. The van der Waals surface area contributed by atoms with Crippen LogP contribution < -0.4 is 0 Å². The molecule has 2 aliphatic heterocycles. The maximum atomic E-state index is 12.8. The number of nitrogens with zero attached hydrogens (tertiary/aromatic N) is 1. The van der Waals surface area contributed by atoms with E-state index in [-0.39, 0.29) is 35.0 Å². The third kappa shape index (κ3) is 3.12. The smallest absolute Gasteiger partial charge is 0.296 e. The Hall–Kier alpha value is -2.58. The number of hydrogen-bond acceptors (Lipinski definition) is 6. The number of likely N-dealkylation sites (tertiary alicyclic amines) is 1. The monoisotopic (exact) mass is 421 g/mol. The second-order valence-electron chi connectivity index (χ2n) is 6.79. The summed E-state index contributed by atoms with van der Waals surface area (Å²) in [6, 6.07) is 7.70. The van der Waals surface area contributed by atoms with Crippen molar-refractivity contribution in [3.05, 3.63) is 64.6 Å². The fourth-order valence-corrected chi connectivity index (χ4v) is 5.55. The number of sulfone groups is 1. The van der Waals surface area contributed by atoms with Gasteiger partial charge in [0.2, 0.25) is 0 Å². The van der Waals surface area contributed by atoms with E-state index in [4.69, 9.17) is 16.0 Å². The molecule has 1 aromatic heterocycles. The molecule has 2 aliphatic rings. The molecule has 2 atom stereocenters. The van der Waals surface area contributed by atoms with Gasteiger partial charge in [0.25, 0.3) is 11.7 Å². The first kappa shape index (κ1) is 18.8. The largest absolute Gasteiger partial charge is 0.507 e. The lowest BCUT2D eigenvalue weighted by atomic mass is 9.99. The Balaban J connectivity index is 1.86. The van der Waals surface area contributed by atoms with Gasteiger partial charge in [-0.15, -0.1) is 0 Å². The van der Waals surface area contributed by atoms with Crippen LogP contribution in [-0.2, 0) is 19.4 Å². The molecule has 2 unspecified atom stereocenters. The van der Waals surface area contributed by atoms with Crippen molar-refractivity contribution in [2.24, 2.45) is 0 Å². The minimum absolute atomic E-state index is 0.0529. The van der Waals surface area contributed by atoms with E-state index in [2.05, 4.69) is 0 Å². The Morgan fingerprint density at radius 3 is 2.46 bits per heavy atom. The molecule has 146 valence electrons. The number of halogens is 1. The zero-order valence-corrected chi connectivity index (χ0v) is 16.1. The quantitative estimate of drug-likeness (QED) is 0.464. The van der Waals surface area contributed by atoms with Gasteiger partial charge in [-0.05, 0) is 42.8 Å². The lowest BCUT2D eigenvalue weighted by Gasteiger charge is -2.28. The highest BCUT2D eigenvalue weighted by molar-refractivity contribution is 7.91. The van der Waals surface area contributed by atoms with Gasteiger partial charge in [-0.2, -0.15) is 0 Å². The van der Waals surface area contributed by atoms with Gasteiger partial charge >= 0.3 is 0 Å². The molecule has 0 spiro atoms. The summed E-state index contributed by atoms with van der Waals surface area (Å²) in [5, 5.41) is 11.3. The number of Topliss-reactive ketones (excluding diaryl/α,β-unsaturated/α-hetero) is 1. The van der Waals surface area contributed by atoms with Gasteiger partial charge in [0, 0.05) is 16.6 Å². The molecule has 1 N–H and O–H groups in total. The van der Waals surface area contributed by atoms with Gasteiger partial charge in [-0.1, -0.05) is 11.6 Å². The average molecular weight is 422 g/mol. The lowest BCUT2D eigenvalue weighted by Crippen LogP contribution is -2.40. The summed E-state index contributed by atoms with van der Waals surface area (Å²) in [6.07, 6.45) is 1.62. The summed E-state index contributed by atoms with van der Waals surface area (Å²) < 4.78 is 29.3. The molecule has 0 aliphatic carbocycles. The number of hydrogen-bond donors (Lipinski definition) is 1. The molecular formula is C19H16ClNO6S. The van der Waals surface area contributed by atoms with Gasteiger partial charge in [-0.3, -0.25) is 9.59 Å². The van der Waals surface area contributed by atoms with Gasteiger partial charge in [0.1, 0.15) is 17.6 Å². The number of benzene rings is 1. The van der Waals surface area contributed by atoms with Crippen LogP contribution in [0.5, 0.6) is 0 Å². The molecule has 1 aromatic carbocycles. The molecule has 28 heavy (non-hydrogen) atoms. The molecule has 9 heteroatoms. The first-order valence-corrected chi connectivity index (χ1v) is 10.8. The Kier molecular flexibility index (Phi) is 4.55. The fourth-order valence-electron chi connectivity index (χ4n) is 3.71. The molecular weight excluding hydrogens is 406 g/mol. The number of ketones is 1. The predicted molar refractivity (Wildman–Crippen MR) is 101 cm³/mol. The number of aliphatic hydroxyl groups is 1. The van der Waals surface area contributed by atoms with E-state index >= 15 is 0 Å². The van der Waals surface area contributed by atoms with Crippen molar-refractivity contribution in [1.29, 1.82) is 0 Å². The molecule has 2 saturated heterocycles. The Morgan fingerprint density at radius 1 is 1.18 bits per heavy atom. The number of aliphatic hydroxyl groups excluding tert-OH is 1. The van der Waals surface area contributed by atoms with E-state index in [1.807, 2.05) is 0 Å². The summed E-state index contributed by atoms with van der Waals surface area (Å²) >= 11 is 5.87. The normalized spacial score (nSPS) is 26.1. The van der Waals surface area contributed by atoms with E-state index in [9.17, 15) is 23.1 Å². The van der Waals surface area contributed by atoms with Crippen molar-refractivity contribution in [3.8, 4) is 0 Å². The van der Waals surface area contributed by atoms with E-state index in [0.717, 1.165) is 0 Å². The number of amides is 1. The van der Waals surface area contributed by atoms with Crippen LogP contribution >= 0.6 is 11.6 Å². The summed E-state index contributed by atoms with van der Waals surface area (Å²) in [4.78, 5) is 26.8. The van der Waals surface area contributed by atoms with Crippen LogP contribution in [0.4, 0.5) is 0 Å². The van der Waals surface area contributed by atoms with Crippen LogP contribution in [0.15, 0.2) is 52.7 Å². The third-order valence-corrected chi connectivity index (χ3v) is 7.01. The lowest BCUT2D eigenvalue weighted by molar-refractivity contribution is -0.141. The van der Waals surface area contributed by atoms with Crippen LogP contribution in [0.2, 0.25) is 5.02 Å². The molecule has 0 radical (unpaired) electrons. The molecule has 3 heterocycles. The molecule has 0 saturated carbocycles.